The molecule has 0 amide bonds. The molecule has 5 nitrogen and oxygen atoms in total. The van der Waals surface area contributed by atoms with Crippen LogP contribution in [0.15, 0.2) is 140 Å². The zero-order valence-corrected chi connectivity index (χ0v) is 29.0. The maximum Gasteiger partial charge on any atom is 0.208 e. The third-order valence-corrected chi connectivity index (χ3v) is 10.7. The predicted octanol–water partition coefficient (Wildman–Crippen LogP) is 12.1. The smallest absolute Gasteiger partial charge is 0.208 e. The van der Waals surface area contributed by atoms with Crippen molar-refractivity contribution in [3.63, 3.8) is 0 Å². The summed E-state index contributed by atoms with van der Waals surface area (Å²) in [7, 11) is 0. The van der Waals surface area contributed by atoms with Gasteiger partial charge in [-0.1, -0.05) is 127 Å². The SMILES string of the molecule is Cc1cccc(-c2c3ccccc3c(-c3ccc4ccc(-c5c(O)c(O)c(O)c(O)c5O)cc4c3)c3ccccc23)c1-c1ccc2ccccc2c1C. The number of phenols is 5. The lowest BCUT2D eigenvalue weighted by Gasteiger charge is -2.22. The second-order valence-corrected chi connectivity index (χ2v) is 13.7. The van der Waals surface area contributed by atoms with Gasteiger partial charge in [-0.15, -0.1) is 0 Å². The van der Waals surface area contributed by atoms with Crippen LogP contribution in [0.2, 0.25) is 0 Å². The summed E-state index contributed by atoms with van der Waals surface area (Å²) >= 11 is 0. The Bertz CT molecular complexity index is 2890. The molecule has 0 spiro atoms. The highest BCUT2D eigenvalue weighted by Gasteiger charge is 2.25. The first-order valence-electron chi connectivity index (χ1n) is 17.5. The Morgan fingerprint density at radius 1 is 0.321 bits per heavy atom. The van der Waals surface area contributed by atoms with E-state index < -0.39 is 28.7 Å². The Morgan fingerprint density at radius 3 is 1.42 bits per heavy atom. The Balaban J connectivity index is 1.30. The topological polar surface area (TPSA) is 101 Å². The summed E-state index contributed by atoms with van der Waals surface area (Å²) in [6, 6.07) is 48.2. The molecular formula is C48H34O5. The van der Waals surface area contributed by atoms with E-state index in [1.807, 2.05) is 12.1 Å². The highest BCUT2D eigenvalue weighted by atomic mass is 16.4. The molecule has 0 aliphatic heterocycles. The van der Waals surface area contributed by atoms with Gasteiger partial charge in [-0.2, -0.15) is 0 Å². The minimum absolute atomic E-state index is 0.180. The summed E-state index contributed by atoms with van der Waals surface area (Å²) in [5.74, 6) is -4.26. The Morgan fingerprint density at radius 2 is 0.811 bits per heavy atom. The molecule has 0 aliphatic carbocycles. The molecule has 0 bridgehead atoms. The molecule has 53 heavy (non-hydrogen) atoms. The molecule has 0 aromatic heterocycles. The van der Waals surface area contributed by atoms with Gasteiger partial charge in [0.05, 0.1) is 5.56 Å². The summed E-state index contributed by atoms with van der Waals surface area (Å²) in [5.41, 5.74) is 9.47. The van der Waals surface area contributed by atoms with Crippen molar-refractivity contribution in [2.75, 3.05) is 0 Å². The zero-order chi connectivity index (χ0) is 36.5. The predicted molar refractivity (Wildman–Crippen MR) is 216 cm³/mol. The minimum atomic E-state index is -0.987. The van der Waals surface area contributed by atoms with Crippen LogP contribution < -0.4 is 0 Å². The first-order chi connectivity index (χ1) is 25.7. The summed E-state index contributed by atoms with van der Waals surface area (Å²) in [5, 5.41) is 60.5. The van der Waals surface area contributed by atoms with Crippen molar-refractivity contribution in [3.8, 4) is 73.3 Å². The number of phenolic OH excluding ortho intramolecular Hbond substituents is 5. The van der Waals surface area contributed by atoms with Crippen molar-refractivity contribution in [2.45, 2.75) is 13.8 Å². The minimum Gasteiger partial charge on any atom is -0.504 e. The quantitative estimate of drug-likeness (QED) is 0.0719. The van der Waals surface area contributed by atoms with Crippen LogP contribution in [0.1, 0.15) is 11.1 Å². The van der Waals surface area contributed by atoms with Gasteiger partial charge in [0.15, 0.2) is 11.5 Å². The van der Waals surface area contributed by atoms with Crippen LogP contribution in [0, 0.1) is 13.8 Å². The fraction of sp³-hybridized carbons (Fsp3) is 0.0417. The Hall–Kier alpha value is -6.98. The lowest BCUT2D eigenvalue weighted by atomic mass is 9.81. The molecule has 0 fully saturated rings. The van der Waals surface area contributed by atoms with Gasteiger partial charge < -0.3 is 25.5 Å². The number of fused-ring (bicyclic) bond motifs is 4. The van der Waals surface area contributed by atoms with Gasteiger partial charge in [-0.25, -0.2) is 0 Å². The molecule has 0 saturated carbocycles. The van der Waals surface area contributed by atoms with Crippen LogP contribution in [0.25, 0.3) is 87.6 Å². The molecule has 0 aliphatic rings. The first-order valence-corrected chi connectivity index (χ1v) is 17.5. The molecule has 0 atom stereocenters. The number of hydrogen-bond donors (Lipinski definition) is 5. The highest BCUT2D eigenvalue weighted by Crippen LogP contribution is 2.55. The van der Waals surface area contributed by atoms with Crippen LogP contribution in [-0.2, 0) is 0 Å². The average Bonchev–Trinajstić information content (AvgIpc) is 3.18. The van der Waals surface area contributed by atoms with Gasteiger partial charge in [0.1, 0.15) is 0 Å². The highest BCUT2D eigenvalue weighted by molar-refractivity contribution is 6.23. The molecule has 256 valence electrons. The monoisotopic (exact) mass is 690 g/mol. The standard InChI is InChI=1S/C48H34O5/c1-26-10-9-17-39(40(26)34-23-22-29-11-3-4-12-33(29)27(34)2)43-37-15-7-5-13-35(37)41(36-14-6-8-16-38(36)43)30-20-18-28-19-21-31(25-32(28)24-30)42-44(49)46(51)48(53)47(52)45(42)50/h3-25,49-53H,1-2H3. The van der Waals surface area contributed by atoms with E-state index in [0.29, 0.717) is 5.56 Å². The van der Waals surface area contributed by atoms with Crippen molar-refractivity contribution in [1.82, 2.24) is 0 Å². The van der Waals surface area contributed by atoms with Crippen molar-refractivity contribution in [1.29, 1.82) is 0 Å². The van der Waals surface area contributed by atoms with Crippen molar-refractivity contribution in [2.24, 2.45) is 0 Å². The van der Waals surface area contributed by atoms with E-state index in [9.17, 15) is 25.5 Å². The van der Waals surface area contributed by atoms with E-state index in [-0.39, 0.29) is 5.56 Å². The fourth-order valence-electron chi connectivity index (χ4n) is 8.18. The van der Waals surface area contributed by atoms with Gasteiger partial charge in [-0.05, 0) is 119 Å². The number of aryl methyl sites for hydroxylation is 2. The average molecular weight is 691 g/mol. The lowest BCUT2D eigenvalue weighted by Crippen LogP contribution is -1.96. The molecule has 9 rings (SSSR count). The van der Waals surface area contributed by atoms with Crippen LogP contribution in [0.5, 0.6) is 28.7 Å². The molecule has 0 heterocycles. The molecule has 0 saturated heterocycles. The molecule has 9 aromatic carbocycles. The number of aromatic hydroxyl groups is 5. The van der Waals surface area contributed by atoms with Gasteiger partial charge in [-0.3, -0.25) is 0 Å². The van der Waals surface area contributed by atoms with E-state index in [1.54, 1.807) is 12.1 Å². The summed E-state index contributed by atoms with van der Waals surface area (Å²) in [4.78, 5) is 0. The number of hydrogen-bond acceptors (Lipinski definition) is 5. The Kier molecular flexibility index (Phi) is 7.28. The fourth-order valence-corrected chi connectivity index (χ4v) is 8.18. The van der Waals surface area contributed by atoms with Crippen molar-refractivity contribution < 1.29 is 25.5 Å². The summed E-state index contributed by atoms with van der Waals surface area (Å²) in [6.07, 6.45) is 0. The molecule has 0 radical (unpaired) electrons. The van der Waals surface area contributed by atoms with E-state index in [4.69, 9.17) is 0 Å². The normalized spacial score (nSPS) is 11.6. The van der Waals surface area contributed by atoms with Gasteiger partial charge in [0.2, 0.25) is 17.2 Å². The second kappa shape index (κ2) is 12.1. The second-order valence-electron chi connectivity index (χ2n) is 13.7. The van der Waals surface area contributed by atoms with Crippen molar-refractivity contribution >= 4 is 43.1 Å². The molecule has 0 unspecified atom stereocenters. The van der Waals surface area contributed by atoms with Crippen molar-refractivity contribution in [3.05, 3.63) is 151 Å². The molecule has 5 N–H and O–H groups in total. The number of benzene rings is 9. The third-order valence-electron chi connectivity index (χ3n) is 10.7. The van der Waals surface area contributed by atoms with E-state index in [0.717, 1.165) is 43.4 Å². The summed E-state index contributed by atoms with van der Waals surface area (Å²) < 4.78 is 0. The zero-order valence-electron chi connectivity index (χ0n) is 29.0. The van der Waals surface area contributed by atoms with Crippen LogP contribution in [0.4, 0.5) is 0 Å². The largest absolute Gasteiger partial charge is 0.504 e. The maximum atomic E-state index is 10.7. The van der Waals surface area contributed by atoms with Gasteiger partial charge >= 0.3 is 0 Å². The van der Waals surface area contributed by atoms with Crippen LogP contribution >= 0.6 is 0 Å². The van der Waals surface area contributed by atoms with E-state index in [2.05, 4.69) is 129 Å². The van der Waals surface area contributed by atoms with Gasteiger partial charge in [0, 0.05) is 0 Å². The van der Waals surface area contributed by atoms with Crippen LogP contribution in [-0.4, -0.2) is 25.5 Å². The molecule has 5 heteroatoms. The molecule has 9 aromatic rings. The first kappa shape index (κ1) is 32.0. The van der Waals surface area contributed by atoms with Crippen LogP contribution in [0.3, 0.4) is 0 Å². The Labute approximate surface area is 305 Å². The lowest BCUT2D eigenvalue weighted by molar-refractivity contribution is 0.330. The third kappa shape index (κ3) is 4.85. The molecular weight excluding hydrogens is 657 g/mol. The number of rotatable bonds is 4. The van der Waals surface area contributed by atoms with E-state index >= 15 is 0 Å². The van der Waals surface area contributed by atoms with E-state index in [1.165, 1.54) is 44.2 Å². The maximum absolute atomic E-state index is 10.7. The van der Waals surface area contributed by atoms with Gasteiger partial charge in [0.25, 0.3) is 0 Å². The summed E-state index contributed by atoms with van der Waals surface area (Å²) in [6.45, 7) is 4.41.